The number of hydrogen-bond acceptors (Lipinski definition) is 2. The summed E-state index contributed by atoms with van der Waals surface area (Å²) >= 11 is 0. The number of likely N-dealkylation sites (tertiary alicyclic amines) is 1. The summed E-state index contributed by atoms with van der Waals surface area (Å²) in [5.41, 5.74) is 8.37. The van der Waals surface area contributed by atoms with Gasteiger partial charge in [0, 0.05) is 6.54 Å². The van der Waals surface area contributed by atoms with Gasteiger partial charge in [0.1, 0.15) is 0 Å². The largest absolute Gasteiger partial charge is 0.330 e. The molecule has 1 aromatic carbocycles. The van der Waals surface area contributed by atoms with E-state index in [1.807, 2.05) is 0 Å². The van der Waals surface area contributed by atoms with E-state index in [0.717, 1.165) is 25.4 Å². The van der Waals surface area contributed by atoms with E-state index in [1.54, 1.807) is 0 Å². The van der Waals surface area contributed by atoms with Crippen molar-refractivity contribution in [1.82, 2.24) is 4.90 Å². The third-order valence-corrected chi connectivity index (χ3v) is 4.27. The Labute approximate surface area is 118 Å². The molecule has 0 saturated carbocycles. The van der Waals surface area contributed by atoms with Crippen molar-refractivity contribution in [2.24, 2.45) is 11.7 Å². The molecule has 19 heavy (non-hydrogen) atoms. The van der Waals surface area contributed by atoms with Crippen LogP contribution >= 0.6 is 0 Å². The van der Waals surface area contributed by atoms with Crippen molar-refractivity contribution in [2.45, 2.75) is 45.6 Å². The Bertz CT molecular complexity index is 350. The average Bonchev–Trinajstić information content (AvgIpc) is 2.44. The highest BCUT2D eigenvalue weighted by Gasteiger charge is 2.18. The molecule has 2 rings (SSSR count). The molecule has 0 aromatic heterocycles. The predicted molar refractivity (Wildman–Crippen MR) is 82.1 cm³/mol. The Balaban J connectivity index is 1.78. The number of nitrogens with zero attached hydrogens (tertiary/aromatic N) is 1. The van der Waals surface area contributed by atoms with Crippen molar-refractivity contribution in [3.05, 3.63) is 35.4 Å². The number of benzene rings is 1. The zero-order chi connectivity index (χ0) is 13.5. The van der Waals surface area contributed by atoms with Gasteiger partial charge in [0.2, 0.25) is 0 Å². The van der Waals surface area contributed by atoms with Gasteiger partial charge in [-0.05, 0) is 55.9 Å². The molecule has 1 heterocycles. The molecule has 1 saturated heterocycles. The van der Waals surface area contributed by atoms with Crippen LogP contribution in [0.25, 0.3) is 0 Å². The van der Waals surface area contributed by atoms with Crippen LogP contribution in [-0.4, -0.2) is 24.5 Å². The van der Waals surface area contributed by atoms with Crippen LogP contribution in [0.3, 0.4) is 0 Å². The van der Waals surface area contributed by atoms with Crippen LogP contribution in [-0.2, 0) is 13.0 Å². The molecular formula is C17H28N2. The van der Waals surface area contributed by atoms with Crippen LogP contribution in [0.15, 0.2) is 24.3 Å². The molecule has 0 spiro atoms. The molecule has 2 nitrogen and oxygen atoms in total. The summed E-state index contributed by atoms with van der Waals surface area (Å²) in [5, 5.41) is 0. The molecule has 0 unspecified atom stereocenters. The fraction of sp³-hybridized carbons (Fsp3) is 0.647. The quantitative estimate of drug-likeness (QED) is 0.851. The summed E-state index contributed by atoms with van der Waals surface area (Å²) in [7, 11) is 0. The lowest BCUT2D eigenvalue weighted by atomic mass is 9.92. The van der Waals surface area contributed by atoms with E-state index in [-0.39, 0.29) is 0 Å². The molecule has 0 atom stereocenters. The lowest BCUT2D eigenvalue weighted by Crippen LogP contribution is -2.33. The van der Waals surface area contributed by atoms with Gasteiger partial charge in [-0.2, -0.15) is 0 Å². The van der Waals surface area contributed by atoms with Crippen LogP contribution in [0.2, 0.25) is 0 Å². The molecule has 1 aliphatic heterocycles. The second-order valence-corrected chi connectivity index (χ2v) is 5.86. The SMILES string of the molecule is CCCC1CCN(Cc2ccc(CCN)cc2)CC1. The van der Waals surface area contributed by atoms with Crippen molar-refractivity contribution in [3.63, 3.8) is 0 Å². The number of piperidine rings is 1. The first kappa shape index (κ1) is 14.5. The van der Waals surface area contributed by atoms with Crippen LogP contribution in [0.4, 0.5) is 0 Å². The zero-order valence-corrected chi connectivity index (χ0v) is 12.3. The number of rotatable bonds is 6. The normalized spacial score (nSPS) is 17.8. The highest BCUT2D eigenvalue weighted by molar-refractivity contribution is 5.22. The minimum atomic E-state index is 0.740. The van der Waals surface area contributed by atoms with Gasteiger partial charge in [0.25, 0.3) is 0 Å². The molecule has 2 N–H and O–H groups in total. The Morgan fingerprint density at radius 3 is 2.32 bits per heavy atom. The van der Waals surface area contributed by atoms with Gasteiger partial charge in [-0.3, -0.25) is 4.90 Å². The monoisotopic (exact) mass is 260 g/mol. The number of hydrogen-bond donors (Lipinski definition) is 1. The summed E-state index contributed by atoms with van der Waals surface area (Å²) in [4.78, 5) is 2.60. The lowest BCUT2D eigenvalue weighted by molar-refractivity contribution is 0.172. The van der Waals surface area contributed by atoms with Gasteiger partial charge in [-0.15, -0.1) is 0 Å². The maximum absolute atomic E-state index is 5.58. The second-order valence-electron chi connectivity index (χ2n) is 5.86. The zero-order valence-electron chi connectivity index (χ0n) is 12.3. The van der Waals surface area contributed by atoms with E-state index in [1.165, 1.54) is 49.9 Å². The molecule has 0 amide bonds. The van der Waals surface area contributed by atoms with Crippen LogP contribution < -0.4 is 5.73 Å². The standard InChI is InChI=1S/C17H28N2/c1-2-3-15-9-12-19(13-10-15)14-17-6-4-16(5-7-17)8-11-18/h4-7,15H,2-3,8-14,18H2,1H3. The van der Waals surface area contributed by atoms with E-state index in [2.05, 4.69) is 36.1 Å². The summed E-state index contributed by atoms with van der Waals surface area (Å²) in [6, 6.07) is 8.99. The summed E-state index contributed by atoms with van der Waals surface area (Å²) in [6.07, 6.45) is 6.52. The van der Waals surface area contributed by atoms with Gasteiger partial charge in [0.05, 0.1) is 0 Å². The molecular weight excluding hydrogens is 232 g/mol. The molecule has 0 aliphatic carbocycles. The van der Waals surface area contributed by atoms with E-state index in [0.29, 0.717) is 0 Å². The molecule has 0 radical (unpaired) electrons. The van der Waals surface area contributed by atoms with Gasteiger partial charge in [0.15, 0.2) is 0 Å². The van der Waals surface area contributed by atoms with Crippen LogP contribution in [0.5, 0.6) is 0 Å². The highest BCUT2D eigenvalue weighted by Crippen LogP contribution is 2.22. The van der Waals surface area contributed by atoms with Gasteiger partial charge < -0.3 is 5.73 Å². The topological polar surface area (TPSA) is 29.3 Å². The maximum Gasteiger partial charge on any atom is 0.0233 e. The predicted octanol–water partition coefficient (Wildman–Crippen LogP) is 3.20. The van der Waals surface area contributed by atoms with Crippen LogP contribution in [0, 0.1) is 5.92 Å². The van der Waals surface area contributed by atoms with Crippen molar-refractivity contribution in [2.75, 3.05) is 19.6 Å². The first-order valence-electron chi connectivity index (χ1n) is 7.82. The smallest absolute Gasteiger partial charge is 0.0233 e. The summed E-state index contributed by atoms with van der Waals surface area (Å²) < 4.78 is 0. The molecule has 0 bridgehead atoms. The first-order valence-corrected chi connectivity index (χ1v) is 7.82. The summed E-state index contributed by atoms with van der Waals surface area (Å²) in [5.74, 6) is 0.980. The molecule has 1 fully saturated rings. The fourth-order valence-corrected chi connectivity index (χ4v) is 3.08. The minimum Gasteiger partial charge on any atom is -0.330 e. The van der Waals surface area contributed by atoms with Gasteiger partial charge in [-0.1, -0.05) is 44.0 Å². The average molecular weight is 260 g/mol. The van der Waals surface area contributed by atoms with Crippen molar-refractivity contribution < 1.29 is 0 Å². The Morgan fingerprint density at radius 2 is 1.74 bits per heavy atom. The third kappa shape index (κ3) is 4.63. The third-order valence-electron chi connectivity index (χ3n) is 4.27. The number of nitrogens with two attached hydrogens (primary N) is 1. The van der Waals surface area contributed by atoms with E-state index < -0.39 is 0 Å². The minimum absolute atomic E-state index is 0.740. The Kier molecular flexibility index (Phi) is 5.87. The molecule has 1 aliphatic rings. The van der Waals surface area contributed by atoms with E-state index >= 15 is 0 Å². The lowest BCUT2D eigenvalue weighted by Gasteiger charge is -2.31. The summed E-state index contributed by atoms with van der Waals surface area (Å²) in [6.45, 7) is 6.70. The highest BCUT2D eigenvalue weighted by atomic mass is 15.1. The maximum atomic E-state index is 5.58. The Morgan fingerprint density at radius 1 is 1.11 bits per heavy atom. The Hall–Kier alpha value is -0.860. The van der Waals surface area contributed by atoms with Crippen molar-refractivity contribution in [3.8, 4) is 0 Å². The van der Waals surface area contributed by atoms with E-state index in [9.17, 15) is 0 Å². The van der Waals surface area contributed by atoms with Gasteiger partial charge >= 0.3 is 0 Å². The first-order chi connectivity index (χ1) is 9.31. The van der Waals surface area contributed by atoms with E-state index in [4.69, 9.17) is 5.73 Å². The molecule has 1 aromatic rings. The van der Waals surface area contributed by atoms with Crippen molar-refractivity contribution in [1.29, 1.82) is 0 Å². The van der Waals surface area contributed by atoms with Gasteiger partial charge in [-0.25, -0.2) is 0 Å². The fourth-order valence-electron chi connectivity index (χ4n) is 3.08. The second kappa shape index (κ2) is 7.66. The molecule has 106 valence electrons. The van der Waals surface area contributed by atoms with Crippen molar-refractivity contribution >= 4 is 0 Å². The van der Waals surface area contributed by atoms with Crippen LogP contribution in [0.1, 0.15) is 43.7 Å². The molecule has 2 heteroatoms.